The molecule has 0 rings (SSSR count). The minimum atomic E-state index is -3.16. The summed E-state index contributed by atoms with van der Waals surface area (Å²) in [6, 6.07) is 0.315. The van der Waals surface area contributed by atoms with Gasteiger partial charge in [0.25, 0.3) is 0 Å². The Labute approximate surface area is 119 Å². The molecule has 0 aliphatic heterocycles. The zero-order valence-corrected chi connectivity index (χ0v) is 14.1. The Hall–Kier alpha value is -0.170. The highest BCUT2D eigenvalue weighted by molar-refractivity contribution is 7.89. The van der Waals surface area contributed by atoms with Crippen molar-refractivity contribution in [3.05, 3.63) is 0 Å². The van der Waals surface area contributed by atoms with Crippen LogP contribution in [0, 0.1) is 5.92 Å². The fourth-order valence-electron chi connectivity index (χ4n) is 1.67. The van der Waals surface area contributed by atoms with E-state index >= 15 is 0 Å². The molecule has 0 aromatic carbocycles. The van der Waals surface area contributed by atoms with Crippen LogP contribution in [0.25, 0.3) is 0 Å². The Morgan fingerprint density at radius 2 is 1.63 bits per heavy atom. The number of sulfonamides is 1. The van der Waals surface area contributed by atoms with Crippen molar-refractivity contribution in [3.63, 3.8) is 0 Å². The van der Waals surface area contributed by atoms with Gasteiger partial charge in [0.1, 0.15) is 0 Å². The molecule has 0 aliphatic rings. The average molecular weight is 293 g/mol. The molecular formula is C13H31N3O2S. The quantitative estimate of drug-likeness (QED) is 0.648. The van der Waals surface area contributed by atoms with E-state index in [0.29, 0.717) is 31.6 Å². The van der Waals surface area contributed by atoms with Gasteiger partial charge in [-0.1, -0.05) is 27.7 Å². The Morgan fingerprint density at radius 1 is 1.05 bits per heavy atom. The van der Waals surface area contributed by atoms with Crippen molar-refractivity contribution in [2.45, 2.75) is 33.7 Å². The highest BCUT2D eigenvalue weighted by Gasteiger charge is 2.22. The lowest BCUT2D eigenvalue weighted by atomic mass is 10.2. The molecule has 0 unspecified atom stereocenters. The van der Waals surface area contributed by atoms with Crippen LogP contribution in [0.1, 0.15) is 27.7 Å². The number of rotatable bonds is 10. The number of hydrogen-bond acceptors (Lipinski definition) is 4. The molecule has 19 heavy (non-hydrogen) atoms. The van der Waals surface area contributed by atoms with Crippen LogP contribution in [0.2, 0.25) is 0 Å². The molecule has 0 aromatic heterocycles. The van der Waals surface area contributed by atoms with Crippen LogP contribution >= 0.6 is 0 Å². The van der Waals surface area contributed by atoms with Crippen molar-refractivity contribution >= 4 is 10.0 Å². The van der Waals surface area contributed by atoms with Crippen LogP contribution in [0.15, 0.2) is 0 Å². The van der Waals surface area contributed by atoms with Crippen molar-refractivity contribution in [3.8, 4) is 0 Å². The monoisotopic (exact) mass is 293 g/mol. The fraction of sp³-hybridized carbons (Fsp3) is 1.00. The van der Waals surface area contributed by atoms with Gasteiger partial charge in [-0.3, -0.25) is 0 Å². The zero-order valence-electron chi connectivity index (χ0n) is 13.3. The topological polar surface area (TPSA) is 52.7 Å². The standard InChI is InChI=1S/C13H31N3O2S/c1-12(2)11-16(9-8-15(5)6)19(17,18)10-7-14-13(3)4/h12-14H,7-11H2,1-6H3. The minimum Gasteiger partial charge on any atom is -0.313 e. The van der Waals surface area contributed by atoms with Gasteiger partial charge in [0.15, 0.2) is 0 Å². The summed E-state index contributed by atoms with van der Waals surface area (Å²) in [7, 11) is 0.753. The van der Waals surface area contributed by atoms with E-state index in [1.165, 1.54) is 0 Å². The predicted molar refractivity (Wildman–Crippen MR) is 81.9 cm³/mol. The smallest absolute Gasteiger partial charge is 0.215 e. The van der Waals surface area contributed by atoms with Crippen molar-refractivity contribution in [1.29, 1.82) is 0 Å². The van der Waals surface area contributed by atoms with E-state index in [0.717, 1.165) is 6.54 Å². The Bertz CT molecular complexity index is 327. The summed E-state index contributed by atoms with van der Waals surface area (Å²) < 4.78 is 26.3. The van der Waals surface area contributed by atoms with Crippen molar-refractivity contribution < 1.29 is 8.42 Å². The van der Waals surface area contributed by atoms with Gasteiger partial charge in [0.2, 0.25) is 10.0 Å². The molecule has 0 heterocycles. The maximum Gasteiger partial charge on any atom is 0.215 e. The van der Waals surface area contributed by atoms with Crippen molar-refractivity contribution in [1.82, 2.24) is 14.5 Å². The van der Waals surface area contributed by atoms with Crippen LogP contribution in [-0.4, -0.2) is 69.7 Å². The molecule has 5 nitrogen and oxygen atoms in total. The molecule has 0 fully saturated rings. The highest BCUT2D eigenvalue weighted by atomic mass is 32.2. The maximum atomic E-state index is 12.3. The third-order valence-electron chi connectivity index (χ3n) is 2.67. The van der Waals surface area contributed by atoms with Gasteiger partial charge in [-0.05, 0) is 20.0 Å². The summed E-state index contributed by atoms with van der Waals surface area (Å²) >= 11 is 0. The van der Waals surface area contributed by atoms with E-state index in [-0.39, 0.29) is 5.75 Å². The van der Waals surface area contributed by atoms with Crippen LogP contribution in [0.5, 0.6) is 0 Å². The van der Waals surface area contributed by atoms with E-state index in [9.17, 15) is 8.42 Å². The van der Waals surface area contributed by atoms with E-state index in [4.69, 9.17) is 0 Å². The molecule has 0 aliphatic carbocycles. The number of hydrogen-bond donors (Lipinski definition) is 1. The Balaban J connectivity index is 4.52. The van der Waals surface area contributed by atoms with Gasteiger partial charge >= 0.3 is 0 Å². The molecule has 0 aromatic rings. The predicted octanol–water partition coefficient (Wildman–Crippen LogP) is 0.834. The van der Waals surface area contributed by atoms with Crippen molar-refractivity contribution in [2.24, 2.45) is 5.92 Å². The number of nitrogens with one attached hydrogen (secondary N) is 1. The molecule has 6 heteroatoms. The molecule has 116 valence electrons. The highest BCUT2D eigenvalue weighted by Crippen LogP contribution is 2.06. The first kappa shape index (κ1) is 18.8. The summed E-state index contributed by atoms with van der Waals surface area (Å²) in [5.74, 6) is 0.515. The first-order valence-corrected chi connectivity index (χ1v) is 8.62. The lowest BCUT2D eigenvalue weighted by Crippen LogP contribution is -2.42. The summed E-state index contributed by atoms with van der Waals surface area (Å²) in [5, 5.41) is 3.16. The maximum absolute atomic E-state index is 12.3. The van der Waals surface area contributed by atoms with Gasteiger partial charge in [-0.2, -0.15) is 0 Å². The van der Waals surface area contributed by atoms with E-state index in [2.05, 4.69) is 5.32 Å². The van der Waals surface area contributed by atoms with Gasteiger partial charge in [-0.15, -0.1) is 0 Å². The van der Waals surface area contributed by atoms with E-state index in [1.807, 2.05) is 46.7 Å². The summed E-state index contributed by atoms with van der Waals surface area (Å²) in [6.07, 6.45) is 0. The van der Waals surface area contributed by atoms with Crippen LogP contribution < -0.4 is 5.32 Å². The lowest BCUT2D eigenvalue weighted by Gasteiger charge is -2.25. The Kier molecular flexibility index (Phi) is 8.81. The van der Waals surface area contributed by atoms with Crippen LogP contribution in [0.4, 0.5) is 0 Å². The molecule has 0 saturated carbocycles. The average Bonchev–Trinajstić information content (AvgIpc) is 2.22. The zero-order chi connectivity index (χ0) is 15.1. The minimum absolute atomic E-state index is 0.172. The largest absolute Gasteiger partial charge is 0.313 e. The summed E-state index contributed by atoms with van der Waals surface area (Å²) in [6.45, 7) is 10.6. The second kappa shape index (κ2) is 8.89. The summed E-state index contributed by atoms with van der Waals surface area (Å²) in [5.41, 5.74) is 0. The van der Waals surface area contributed by atoms with Gasteiger partial charge in [-0.25, -0.2) is 12.7 Å². The first-order chi connectivity index (χ1) is 8.65. The van der Waals surface area contributed by atoms with Gasteiger partial charge in [0, 0.05) is 32.2 Å². The third-order valence-corrected chi connectivity index (χ3v) is 4.51. The van der Waals surface area contributed by atoms with Crippen LogP contribution in [-0.2, 0) is 10.0 Å². The molecule has 0 radical (unpaired) electrons. The van der Waals surface area contributed by atoms with Gasteiger partial charge < -0.3 is 10.2 Å². The second-order valence-corrected chi connectivity index (χ2v) is 8.07. The van der Waals surface area contributed by atoms with Crippen molar-refractivity contribution in [2.75, 3.05) is 46.0 Å². The molecule has 1 N–H and O–H groups in total. The molecule has 0 atom stereocenters. The molecule has 0 saturated heterocycles. The fourth-order valence-corrected chi connectivity index (χ4v) is 3.19. The van der Waals surface area contributed by atoms with Crippen LogP contribution in [0.3, 0.4) is 0 Å². The molecule has 0 spiro atoms. The Morgan fingerprint density at radius 3 is 2.05 bits per heavy atom. The molecule has 0 bridgehead atoms. The lowest BCUT2D eigenvalue weighted by molar-refractivity contribution is 0.312. The summed E-state index contributed by atoms with van der Waals surface area (Å²) in [4.78, 5) is 2.01. The number of nitrogens with zero attached hydrogens (tertiary/aromatic N) is 2. The normalized spacial score (nSPS) is 13.2. The number of likely N-dealkylation sites (N-methyl/N-ethyl adjacent to an activating group) is 1. The van der Waals surface area contributed by atoms with Gasteiger partial charge in [0.05, 0.1) is 5.75 Å². The van der Waals surface area contributed by atoms with E-state index in [1.54, 1.807) is 4.31 Å². The first-order valence-electron chi connectivity index (χ1n) is 7.01. The SMILES string of the molecule is CC(C)CN(CCN(C)C)S(=O)(=O)CCNC(C)C. The second-order valence-electron chi connectivity index (χ2n) is 5.98. The van der Waals surface area contributed by atoms with E-state index < -0.39 is 10.0 Å². The molecular weight excluding hydrogens is 262 g/mol. The third kappa shape index (κ3) is 9.38. The molecule has 0 amide bonds.